The van der Waals surface area contributed by atoms with Crippen LogP contribution in [-0.4, -0.2) is 17.4 Å². The lowest BCUT2D eigenvalue weighted by molar-refractivity contribution is 0.532. The van der Waals surface area contributed by atoms with Gasteiger partial charge in [-0.1, -0.05) is 26.7 Å². The minimum atomic E-state index is 0. The molecule has 70 valence electrons. The zero-order chi connectivity index (χ0) is 4.99. The second-order valence-corrected chi connectivity index (χ2v) is 1.70. The van der Waals surface area contributed by atoms with Gasteiger partial charge in [0.2, 0.25) is 0 Å². The van der Waals surface area contributed by atoms with E-state index in [9.17, 15) is 0 Å². The summed E-state index contributed by atoms with van der Waals surface area (Å²) in [4.78, 5) is 0. The molecule has 0 rings (SSSR count). The van der Waals surface area contributed by atoms with Crippen molar-refractivity contribution in [2.45, 2.75) is 13.8 Å². The van der Waals surface area contributed by atoms with Crippen LogP contribution in [0.5, 0.6) is 0 Å². The van der Waals surface area contributed by atoms with Gasteiger partial charge in [0.15, 0.2) is 0 Å². The van der Waals surface area contributed by atoms with Crippen molar-refractivity contribution in [1.82, 2.24) is 4.31 Å². The molecule has 0 N–H and O–H groups in total. The minimum absolute atomic E-state index is 0. The van der Waals surface area contributed by atoms with Crippen LogP contribution >= 0.6 is 12.8 Å². The molecule has 0 saturated carbocycles. The highest BCUT2D eigenvalue weighted by molar-refractivity contribution is 7.77. The molecule has 0 aliphatic carbocycles. The molecule has 0 aromatic carbocycles. The van der Waals surface area contributed by atoms with Gasteiger partial charge >= 0.3 is 0 Å². The van der Waals surface area contributed by atoms with Gasteiger partial charge < -0.3 is 0 Å². The van der Waals surface area contributed by atoms with Crippen molar-refractivity contribution in [3.05, 3.63) is 0 Å². The van der Waals surface area contributed by atoms with Crippen molar-refractivity contribution in [1.29, 1.82) is 0 Å². The average Bonchev–Trinajstić information content (AvgIpc) is 1.65. The molecule has 0 aromatic heterocycles. The maximum Gasteiger partial charge on any atom is 0.00584 e. The fourth-order valence-electron chi connectivity index (χ4n) is 0.224. The van der Waals surface area contributed by atoms with E-state index in [0.717, 1.165) is 13.1 Å². The summed E-state index contributed by atoms with van der Waals surface area (Å²) in [6, 6.07) is 0. The highest BCUT2D eigenvalue weighted by atomic mass is 32.1. The first-order valence-corrected chi connectivity index (χ1v) is 2.65. The summed E-state index contributed by atoms with van der Waals surface area (Å²) in [6.45, 7) is 6.21. The Labute approximate surface area is 63.8 Å². The van der Waals surface area contributed by atoms with Crippen LogP contribution in [0.2, 0.25) is 0 Å². The van der Waals surface area contributed by atoms with Crippen LogP contribution in [0, 0.1) is 0 Å². The van der Waals surface area contributed by atoms with Crippen LogP contribution in [0.3, 0.4) is 0 Å². The Kier molecular flexibility index (Phi) is 74.4. The first kappa shape index (κ1) is 32.3. The van der Waals surface area contributed by atoms with E-state index >= 15 is 0 Å². The minimum Gasteiger partial charge on any atom is -0.269 e. The van der Waals surface area contributed by atoms with Crippen molar-refractivity contribution in [2.75, 3.05) is 13.1 Å². The molecule has 0 spiro atoms. The standard InChI is InChI=1S/C4H11NS.4FH/c1-3-5(6)4-2;;;;/h6H,3-4H2,1-2H3;4*1H. The molecule has 6 heteroatoms. The molecular formula is C4H15F4NS. The summed E-state index contributed by atoms with van der Waals surface area (Å²) in [6.07, 6.45) is 0. The lowest BCUT2D eigenvalue weighted by Gasteiger charge is -2.05. The summed E-state index contributed by atoms with van der Waals surface area (Å²) < 4.78 is 1.94. The Bertz CT molecular complexity index is 36.4. The second kappa shape index (κ2) is 23.0. The molecule has 0 aromatic rings. The molecule has 0 heterocycles. The summed E-state index contributed by atoms with van der Waals surface area (Å²) in [5.41, 5.74) is 0. The molecule has 0 unspecified atom stereocenters. The molecule has 0 aliphatic heterocycles. The number of thiol groups is 1. The van der Waals surface area contributed by atoms with Crippen molar-refractivity contribution in [3.8, 4) is 0 Å². The van der Waals surface area contributed by atoms with E-state index < -0.39 is 0 Å². The van der Waals surface area contributed by atoms with Crippen molar-refractivity contribution < 1.29 is 18.8 Å². The van der Waals surface area contributed by atoms with Crippen LogP contribution in [0.4, 0.5) is 18.8 Å². The molecule has 0 radical (unpaired) electrons. The third kappa shape index (κ3) is 24.4. The maximum atomic E-state index is 4.06. The normalized spacial score (nSPS) is 6.00. The number of halogens is 4. The zero-order valence-corrected chi connectivity index (χ0v) is 6.84. The Balaban J connectivity index is -0.0000000208. The number of nitrogens with zero attached hydrogens (tertiary/aromatic N) is 1. The molecule has 0 aliphatic rings. The van der Waals surface area contributed by atoms with E-state index in [-0.39, 0.29) is 18.8 Å². The quantitative estimate of drug-likeness (QED) is 0.507. The number of hydrogen-bond donors (Lipinski definition) is 1. The van der Waals surface area contributed by atoms with Gasteiger partial charge in [0.05, 0.1) is 0 Å². The highest BCUT2D eigenvalue weighted by Gasteiger charge is 1.83. The predicted molar refractivity (Wildman–Crippen MR) is 41.9 cm³/mol. The number of rotatable bonds is 2. The Morgan fingerprint density at radius 2 is 1.10 bits per heavy atom. The summed E-state index contributed by atoms with van der Waals surface area (Å²) >= 11 is 4.06. The number of hydrogen-bond acceptors (Lipinski definition) is 2. The fraction of sp³-hybridized carbons (Fsp3) is 1.00. The van der Waals surface area contributed by atoms with E-state index in [1.54, 1.807) is 0 Å². The smallest absolute Gasteiger partial charge is 0.00584 e. The lowest BCUT2D eigenvalue weighted by Crippen LogP contribution is -2.08. The molecule has 0 saturated heterocycles. The van der Waals surface area contributed by atoms with E-state index in [1.165, 1.54) is 0 Å². The lowest BCUT2D eigenvalue weighted by atomic mass is 10.7. The molecule has 0 amide bonds. The van der Waals surface area contributed by atoms with Gasteiger partial charge in [-0.05, 0) is 0 Å². The molecule has 0 bridgehead atoms. The Morgan fingerprint density at radius 1 is 0.900 bits per heavy atom. The van der Waals surface area contributed by atoms with E-state index in [0.29, 0.717) is 0 Å². The van der Waals surface area contributed by atoms with Crippen LogP contribution in [-0.2, 0) is 0 Å². The summed E-state index contributed by atoms with van der Waals surface area (Å²) in [5.74, 6) is 0. The van der Waals surface area contributed by atoms with Gasteiger partial charge in [0.1, 0.15) is 0 Å². The largest absolute Gasteiger partial charge is 0.269 e. The summed E-state index contributed by atoms with van der Waals surface area (Å²) in [5, 5.41) is 0. The molecule has 1 nitrogen and oxygen atoms in total. The van der Waals surface area contributed by atoms with Crippen LogP contribution in [0.25, 0.3) is 0 Å². The maximum absolute atomic E-state index is 4.06. The monoisotopic (exact) mass is 185 g/mol. The van der Waals surface area contributed by atoms with Gasteiger partial charge in [-0.25, -0.2) is 0 Å². The first-order chi connectivity index (χ1) is 2.81. The molecular weight excluding hydrogens is 170 g/mol. The molecule has 10 heavy (non-hydrogen) atoms. The zero-order valence-electron chi connectivity index (χ0n) is 5.94. The van der Waals surface area contributed by atoms with Gasteiger partial charge in [0.25, 0.3) is 0 Å². The first-order valence-electron chi connectivity index (χ1n) is 2.25. The Hall–Kier alpha value is 0.0300. The fourth-order valence-corrected chi connectivity index (χ4v) is 0.224. The van der Waals surface area contributed by atoms with Crippen molar-refractivity contribution in [2.24, 2.45) is 0 Å². The van der Waals surface area contributed by atoms with E-state index in [2.05, 4.69) is 26.7 Å². The van der Waals surface area contributed by atoms with Crippen LogP contribution < -0.4 is 0 Å². The van der Waals surface area contributed by atoms with Gasteiger partial charge in [0, 0.05) is 13.1 Å². The molecule has 0 atom stereocenters. The van der Waals surface area contributed by atoms with Crippen molar-refractivity contribution in [3.63, 3.8) is 0 Å². The van der Waals surface area contributed by atoms with Crippen LogP contribution in [0.1, 0.15) is 13.8 Å². The average molecular weight is 185 g/mol. The van der Waals surface area contributed by atoms with E-state index in [4.69, 9.17) is 0 Å². The van der Waals surface area contributed by atoms with Gasteiger partial charge in [-0.3, -0.25) is 23.1 Å². The highest BCUT2D eigenvalue weighted by Crippen LogP contribution is 1.86. The Morgan fingerprint density at radius 3 is 1.10 bits per heavy atom. The third-order valence-corrected chi connectivity index (χ3v) is 1.30. The topological polar surface area (TPSA) is 3.24 Å². The summed E-state index contributed by atoms with van der Waals surface area (Å²) in [7, 11) is 0. The van der Waals surface area contributed by atoms with E-state index in [1.807, 2.05) is 4.31 Å². The predicted octanol–water partition coefficient (Wildman–Crippen LogP) is 1.78. The third-order valence-electron chi connectivity index (χ3n) is 0.730. The van der Waals surface area contributed by atoms with Crippen molar-refractivity contribution >= 4 is 12.8 Å². The molecule has 0 fully saturated rings. The van der Waals surface area contributed by atoms with Gasteiger partial charge in [-0.2, -0.15) is 0 Å². The SMILES string of the molecule is CCN(S)CC.F.F.F.F. The van der Waals surface area contributed by atoms with Gasteiger partial charge in [-0.15, -0.1) is 0 Å². The van der Waals surface area contributed by atoms with Crippen LogP contribution in [0.15, 0.2) is 0 Å². The second-order valence-electron chi connectivity index (χ2n) is 1.14.